The van der Waals surface area contributed by atoms with Crippen molar-refractivity contribution >= 4 is 12.1 Å². The van der Waals surface area contributed by atoms with E-state index < -0.39 is 18.1 Å². The second kappa shape index (κ2) is 7.41. The molecule has 1 rings (SSSR count). The fourth-order valence-corrected chi connectivity index (χ4v) is 1.70. The van der Waals surface area contributed by atoms with E-state index in [1.54, 1.807) is 0 Å². The van der Waals surface area contributed by atoms with Gasteiger partial charge in [-0.1, -0.05) is 43.7 Å². The second-order valence-corrected chi connectivity index (χ2v) is 4.29. The lowest BCUT2D eigenvalue weighted by Crippen LogP contribution is -2.42. The van der Waals surface area contributed by atoms with Gasteiger partial charge in [0.2, 0.25) is 0 Å². The van der Waals surface area contributed by atoms with Crippen molar-refractivity contribution in [1.82, 2.24) is 4.90 Å². The minimum absolute atomic E-state index is 0.141. The number of hydrogen-bond donors (Lipinski definition) is 1. The largest absolute Gasteiger partial charge is 0.480 e. The van der Waals surface area contributed by atoms with Gasteiger partial charge in [0.1, 0.15) is 12.6 Å². The van der Waals surface area contributed by atoms with Crippen molar-refractivity contribution in [2.24, 2.45) is 0 Å². The highest BCUT2D eigenvalue weighted by molar-refractivity contribution is 5.79. The van der Waals surface area contributed by atoms with Gasteiger partial charge in [-0.05, 0) is 12.0 Å². The van der Waals surface area contributed by atoms with E-state index >= 15 is 0 Å². The molecule has 0 aromatic heterocycles. The standard InChI is InChI=1S/C14H19NO4/c1-3-7-12(13(16)17)15(2)14(18)19-10-11-8-5-4-6-9-11/h4-6,8-9,12H,3,7,10H2,1-2H3,(H,16,17)/t12-/m0/s1. The summed E-state index contributed by atoms with van der Waals surface area (Å²) in [5.74, 6) is -1.01. The van der Waals surface area contributed by atoms with E-state index in [2.05, 4.69) is 0 Å². The van der Waals surface area contributed by atoms with Crippen molar-refractivity contribution in [1.29, 1.82) is 0 Å². The number of amides is 1. The van der Waals surface area contributed by atoms with E-state index in [0.717, 1.165) is 10.5 Å². The number of aliphatic carboxylic acids is 1. The monoisotopic (exact) mass is 265 g/mol. The third-order valence-corrected chi connectivity index (χ3v) is 2.81. The van der Waals surface area contributed by atoms with Crippen LogP contribution < -0.4 is 0 Å². The Morgan fingerprint density at radius 3 is 2.47 bits per heavy atom. The SMILES string of the molecule is CCC[C@@H](C(=O)O)N(C)C(=O)OCc1ccccc1. The molecule has 0 bridgehead atoms. The van der Waals surface area contributed by atoms with Gasteiger partial charge >= 0.3 is 12.1 Å². The Balaban J connectivity index is 2.54. The summed E-state index contributed by atoms with van der Waals surface area (Å²) in [6.45, 7) is 2.02. The fourth-order valence-electron chi connectivity index (χ4n) is 1.70. The van der Waals surface area contributed by atoms with Gasteiger partial charge in [-0.2, -0.15) is 0 Å². The van der Waals surface area contributed by atoms with E-state index in [4.69, 9.17) is 9.84 Å². The van der Waals surface area contributed by atoms with Crippen LogP contribution in [0.5, 0.6) is 0 Å². The highest BCUT2D eigenvalue weighted by atomic mass is 16.6. The Kier molecular flexibility index (Phi) is 5.85. The summed E-state index contributed by atoms with van der Waals surface area (Å²) in [5.41, 5.74) is 0.867. The van der Waals surface area contributed by atoms with E-state index in [9.17, 15) is 9.59 Å². The molecule has 104 valence electrons. The minimum atomic E-state index is -1.01. The smallest absolute Gasteiger partial charge is 0.410 e. The number of nitrogens with zero attached hydrogens (tertiary/aromatic N) is 1. The van der Waals surface area contributed by atoms with Gasteiger partial charge in [-0.25, -0.2) is 9.59 Å². The normalized spacial score (nSPS) is 11.7. The Morgan fingerprint density at radius 2 is 1.95 bits per heavy atom. The first-order valence-corrected chi connectivity index (χ1v) is 6.22. The number of carbonyl (C=O) groups is 2. The minimum Gasteiger partial charge on any atom is -0.480 e. The molecule has 0 aliphatic rings. The number of rotatable bonds is 6. The van der Waals surface area contributed by atoms with Crippen LogP contribution in [0.15, 0.2) is 30.3 Å². The molecule has 5 nitrogen and oxygen atoms in total. The summed E-state index contributed by atoms with van der Waals surface area (Å²) in [6.07, 6.45) is 0.476. The van der Waals surface area contributed by atoms with Crippen LogP contribution in [0.2, 0.25) is 0 Å². The van der Waals surface area contributed by atoms with Gasteiger partial charge in [-0.15, -0.1) is 0 Å². The average molecular weight is 265 g/mol. The molecule has 0 unspecified atom stereocenters. The highest BCUT2D eigenvalue weighted by Crippen LogP contribution is 2.09. The molecule has 5 heteroatoms. The van der Waals surface area contributed by atoms with Crippen molar-refractivity contribution in [3.63, 3.8) is 0 Å². The zero-order chi connectivity index (χ0) is 14.3. The first kappa shape index (κ1) is 15.0. The molecule has 1 aromatic rings. The van der Waals surface area contributed by atoms with Crippen molar-refractivity contribution in [3.8, 4) is 0 Å². The Hall–Kier alpha value is -2.04. The summed E-state index contributed by atoms with van der Waals surface area (Å²) in [6, 6.07) is 8.42. The number of hydrogen-bond acceptors (Lipinski definition) is 3. The quantitative estimate of drug-likeness (QED) is 0.858. The number of carboxylic acid groups (broad SMARTS) is 1. The first-order chi connectivity index (χ1) is 9.06. The topological polar surface area (TPSA) is 66.8 Å². The van der Waals surface area contributed by atoms with Crippen molar-refractivity contribution in [2.45, 2.75) is 32.4 Å². The number of carboxylic acids is 1. The average Bonchev–Trinajstić information content (AvgIpc) is 2.42. The molecular formula is C14H19NO4. The first-order valence-electron chi connectivity index (χ1n) is 6.22. The molecule has 0 radical (unpaired) electrons. The third kappa shape index (κ3) is 4.62. The van der Waals surface area contributed by atoms with Crippen LogP contribution in [0, 0.1) is 0 Å². The lowest BCUT2D eigenvalue weighted by atomic mass is 10.1. The van der Waals surface area contributed by atoms with Crippen LogP contribution in [-0.4, -0.2) is 35.2 Å². The second-order valence-electron chi connectivity index (χ2n) is 4.29. The lowest BCUT2D eigenvalue weighted by Gasteiger charge is -2.23. The summed E-state index contributed by atoms with van der Waals surface area (Å²) in [5, 5.41) is 9.06. The van der Waals surface area contributed by atoms with Crippen molar-refractivity contribution in [3.05, 3.63) is 35.9 Å². The molecule has 0 saturated carbocycles. The van der Waals surface area contributed by atoms with E-state index in [1.165, 1.54) is 7.05 Å². The zero-order valence-electron chi connectivity index (χ0n) is 11.2. The van der Waals surface area contributed by atoms with Crippen molar-refractivity contribution < 1.29 is 19.4 Å². The van der Waals surface area contributed by atoms with Gasteiger partial charge in [0.25, 0.3) is 0 Å². The Bertz CT molecular complexity index is 419. The number of ether oxygens (including phenoxy) is 1. The van der Waals surface area contributed by atoms with E-state index in [1.807, 2.05) is 37.3 Å². The number of benzene rings is 1. The predicted molar refractivity (Wildman–Crippen MR) is 70.7 cm³/mol. The molecule has 1 atom stereocenters. The maximum atomic E-state index is 11.8. The van der Waals surface area contributed by atoms with Crippen LogP contribution in [-0.2, 0) is 16.1 Å². The van der Waals surface area contributed by atoms with Crippen LogP contribution >= 0.6 is 0 Å². The molecule has 1 amide bonds. The van der Waals surface area contributed by atoms with Gasteiger partial charge in [0.05, 0.1) is 0 Å². The molecule has 1 N–H and O–H groups in total. The molecule has 0 fully saturated rings. The molecule has 0 spiro atoms. The number of carbonyl (C=O) groups excluding carboxylic acids is 1. The van der Waals surface area contributed by atoms with Crippen LogP contribution in [0.3, 0.4) is 0 Å². The molecule has 0 aliphatic carbocycles. The zero-order valence-corrected chi connectivity index (χ0v) is 11.2. The Morgan fingerprint density at radius 1 is 1.32 bits per heavy atom. The molecule has 19 heavy (non-hydrogen) atoms. The summed E-state index contributed by atoms with van der Waals surface area (Å²) >= 11 is 0. The maximum absolute atomic E-state index is 11.8. The van der Waals surface area contributed by atoms with Gasteiger partial charge in [0, 0.05) is 7.05 Å². The molecule has 1 aromatic carbocycles. The third-order valence-electron chi connectivity index (χ3n) is 2.81. The summed E-state index contributed by atoms with van der Waals surface area (Å²) in [4.78, 5) is 24.0. The summed E-state index contributed by atoms with van der Waals surface area (Å²) < 4.78 is 5.09. The van der Waals surface area contributed by atoms with Gasteiger partial charge in [-0.3, -0.25) is 4.90 Å². The molecule has 0 saturated heterocycles. The summed E-state index contributed by atoms with van der Waals surface area (Å²) in [7, 11) is 1.45. The predicted octanol–water partition coefficient (Wildman–Crippen LogP) is 2.51. The Labute approximate surface area is 112 Å². The van der Waals surface area contributed by atoms with Gasteiger partial charge in [0.15, 0.2) is 0 Å². The molecule has 0 heterocycles. The number of likely N-dealkylation sites (N-methyl/N-ethyl adjacent to an activating group) is 1. The molecular weight excluding hydrogens is 246 g/mol. The van der Waals surface area contributed by atoms with E-state index in [0.29, 0.717) is 12.8 Å². The molecule has 0 aliphatic heterocycles. The fraction of sp³-hybridized carbons (Fsp3) is 0.429. The highest BCUT2D eigenvalue weighted by Gasteiger charge is 2.26. The van der Waals surface area contributed by atoms with Crippen molar-refractivity contribution in [2.75, 3.05) is 7.05 Å². The van der Waals surface area contributed by atoms with Crippen LogP contribution in [0.4, 0.5) is 4.79 Å². The van der Waals surface area contributed by atoms with E-state index in [-0.39, 0.29) is 6.61 Å². The maximum Gasteiger partial charge on any atom is 0.410 e. The lowest BCUT2D eigenvalue weighted by molar-refractivity contribution is -0.142. The van der Waals surface area contributed by atoms with Crippen LogP contribution in [0.1, 0.15) is 25.3 Å². The van der Waals surface area contributed by atoms with Crippen LogP contribution in [0.25, 0.3) is 0 Å². The van der Waals surface area contributed by atoms with Gasteiger partial charge < -0.3 is 9.84 Å².